The lowest BCUT2D eigenvalue weighted by atomic mass is 10.2. The summed E-state index contributed by atoms with van der Waals surface area (Å²) < 4.78 is 1.52. The zero-order valence-corrected chi connectivity index (χ0v) is 8.48. The number of carboxylic acids is 1. The number of nitrogens with zero attached hydrogens (tertiary/aromatic N) is 2. The third-order valence-corrected chi connectivity index (χ3v) is 2.03. The van der Waals surface area contributed by atoms with E-state index in [4.69, 9.17) is 10.2 Å². The van der Waals surface area contributed by atoms with Crippen molar-refractivity contribution in [1.29, 1.82) is 0 Å². The molecule has 14 heavy (non-hydrogen) atoms. The highest BCUT2D eigenvalue weighted by molar-refractivity contribution is 5.90. The molecule has 0 amide bonds. The van der Waals surface area contributed by atoms with Gasteiger partial charge in [-0.1, -0.05) is 0 Å². The molecule has 0 saturated carbocycles. The quantitative estimate of drug-likeness (QED) is 0.744. The lowest BCUT2D eigenvalue weighted by Crippen LogP contribution is -2.14. The zero-order chi connectivity index (χ0) is 10.9. The average molecular weight is 198 g/mol. The minimum Gasteiger partial charge on any atom is -0.478 e. The van der Waals surface area contributed by atoms with E-state index in [2.05, 4.69) is 5.10 Å². The van der Waals surface area contributed by atoms with E-state index in [1.54, 1.807) is 20.8 Å². The zero-order valence-electron chi connectivity index (χ0n) is 8.48. The van der Waals surface area contributed by atoms with E-state index in [0.717, 1.165) is 0 Å². The summed E-state index contributed by atoms with van der Waals surface area (Å²) in [5.41, 5.74) is 1.29. The lowest BCUT2D eigenvalue weighted by Gasteiger charge is -2.06. The molecule has 0 bridgehead atoms. The van der Waals surface area contributed by atoms with Crippen molar-refractivity contribution < 1.29 is 15.0 Å². The van der Waals surface area contributed by atoms with Crippen LogP contribution in [-0.4, -0.2) is 32.1 Å². The first kappa shape index (κ1) is 10.7. The van der Waals surface area contributed by atoms with E-state index in [1.807, 2.05) is 0 Å². The number of aryl methyl sites for hydroxylation is 1. The van der Waals surface area contributed by atoms with Crippen molar-refractivity contribution in [3.05, 3.63) is 17.0 Å². The molecule has 0 aromatic carbocycles. The first-order valence-electron chi connectivity index (χ1n) is 4.38. The van der Waals surface area contributed by atoms with Crippen molar-refractivity contribution in [2.24, 2.45) is 0 Å². The fourth-order valence-electron chi connectivity index (χ4n) is 1.43. The van der Waals surface area contributed by atoms with Crippen LogP contribution >= 0.6 is 0 Å². The number of carboxylic acid groups (broad SMARTS) is 1. The van der Waals surface area contributed by atoms with E-state index in [1.165, 1.54) is 4.68 Å². The summed E-state index contributed by atoms with van der Waals surface area (Å²) >= 11 is 0. The van der Waals surface area contributed by atoms with Gasteiger partial charge in [0.1, 0.15) is 5.56 Å². The van der Waals surface area contributed by atoms with Gasteiger partial charge in [-0.3, -0.25) is 4.68 Å². The maximum Gasteiger partial charge on any atom is 0.339 e. The summed E-state index contributed by atoms with van der Waals surface area (Å²) in [6, 6.07) is 0. The van der Waals surface area contributed by atoms with Crippen LogP contribution in [0.25, 0.3) is 0 Å². The second kappa shape index (κ2) is 3.79. The van der Waals surface area contributed by atoms with Gasteiger partial charge in [0, 0.05) is 0 Å². The second-order valence-corrected chi connectivity index (χ2v) is 3.38. The molecule has 0 radical (unpaired) electrons. The summed E-state index contributed by atoms with van der Waals surface area (Å²) in [4.78, 5) is 10.8. The molecule has 5 nitrogen and oxygen atoms in total. The Kier molecular flexibility index (Phi) is 2.90. The number of aliphatic hydroxyl groups is 1. The topological polar surface area (TPSA) is 75.3 Å². The van der Waals surface area contributed by atoms with E-state index in [0.29, 0.717) is 17.9 Å². The van der Waals surface area contributed by atoms with Crippen molar-refractivity contribution >= 4 is 5.97 Å². The molecule has 1 atom stereocenters. The molecule has 2 N–H and O–H groups in total. The molecule has 5 heteroatoms. The number of hydrogen-bond donors (Lipinski definition) is 2. The Labute approximate surface area is 82.0 Å². The maximum absolute atomic E-state index is 10.8. The molecular weight excluding hydrogens is 184 g/mol. The smallest absolute Gasteiger partial charge is 0.339 e. The van der Waals surface area contributed by atoms with Crippen LogP contribution in [0.5, 0.6) is 0 Å². The van der Waals surface area contributed by atoms with E-state index >= 15 is 0 Å². The van der Waals surface area contributed by atoms with Crippen LogP contribution in [0.3, 0.4) is 0 Å². The monoisotopic (exact) mass is 198 g/mol. The molecule has 1 unspecified atom stereocenters. The molecule has 1 rings (SSSR count). The van der Waals surface area contributed by atoms with Crippen molar-refractivity contribution in [1.82, 2.24) is 9.78 Å². The van der Waals surface area contributed by atoms with Crippen LogP contribution in [-0.2, 0) is 6.54 Å². The van der Waals surface area contributed by atoms with Crippen LogP contribution in [0.1, 0.15) is 28.7 Å². The molecule has 1 aromatic rings. The van der Waals surface area contributed by atoms with Crippen LogP contribution in [0, 0.1) is 13.8 Å². The molecule has 1 aromatic heterocycles. The Balaban J connectivity index is 3.10. The Morgan fingerprint density at radius 3 is 2.50 bits per heavy atom. The van der Waals surface area contributed by atoms with Gasteiger partial charge in [-0.05, 0) is 20.8 Å². The Morgan fingerprint density at radius 1 is 1.57 bits per heavy atom. The number of carbonyl (C=O) groups is 1. The molecular formula is C9H14N2O3. The number of aromatic nitrogens is 2. The van der Waals surface area contributed by atoms with E-state index < -0.39 is 12.1 Å². The van der Waals surface area contributed by atoms with Crippen molar-refractivity contribution in [3.63, 3.8) is 0 Å². The molecule has 0 spiro atoms. The average Bonchev–Trinajstić information content (AvgIpc) is 2.25. The fourth-order valence-corrected chi connectivity index (χ4v) is 1.43. The SMILES string of the molecule is Cc1nn(CC(C)O)c(C)c1C(=O)O. The van der Waals surface area contributed by atoms with Crippen molar-refractivity contribution in [2.45, 2.75) is 33.4 Å². The summed E-state index contributed by atoms with van der Waals surface area (Å²) in [6.45, 7) is 5.29. The number of rotatable bonds is 3. The third-order valence-electron chi connectivity index (χ3n) is 2.03. The van der Waals surface area contributed by atoms with Crippen LogP contribution < -0.4 is 0 Å². The number of aromatic carboxylic acids is 1. The van der Waals surface area contributed by atoms with Gasteiger partial charge in [-0.25, -0.2) is 4.79 Å². The Morgan fingerprint density at radius 2 is 2.14 bits per heavy atom. The first-order chi connectivity index (χ1) is 6.43. The number of aliphatic hydroxyl groups excluding tert-OH is 1. The molecule has 0 fully saturated rings. The molecule has 0 aliphatic carbocycles. The van der Waals surface area contributed by atoms with E-state index in [-0.39, 0.29) is 5.56 Å². The van der Waals surface area contributed by atoms with Gasteiger partial charge in [-0.2, -0.15) is 5.10 Å². The fraction of sp³-hybridized carbons (Fsp3) is 0.556. The van der Waals surface area contributed by atoms with Gasteiger partial charge in [0.25, 0.3) is 0 Å². The van der Waals surface area contributed by atoms with Gasteiger partial charge in [0.05, 0.1) is 24.0 Å². The molecule has 78 valence electrons. The predicted molar refractivity (Wildman–Crippen MR) is 50.3 cm³/mol. The highest BCUT2D eigenvalue weighted by Gasteiger charge is 2.17. The summed E-state index contributed by atoms with van der Waals surface area (Å²) in [5.74, 6) is -0.975. The van der Waals surface area contributed by atoms with Gasteiger partial charge >= 0.3 is 5.97 Å². The molecule has 0 aliphatic rings. The first-order valence-corrected chi connectivity index (χ1v) is 4.38. The summed E-state index contributed by atoms with van der Waals surface area (Å²) in [5, 5.41) is 22.1. The summed E-state index contributed by atoms with van der Waals surface area (Å²) in [7, 11) is 0. The molecule has 0 saturated heterocycles. The van der Waals surface area contributed by atoms with Crippen LogP contribution in [0.4, 0.5) is 0 Å². The van der Waals surface area contributed by atoms with E-state index in [9.17, 15) is 4.79 Å². The van der Waals surface area contributed by atoms with Gasteiger partial charge in [0.2, 0.25) is 0 Å². The second-order valence-electron chi connectivity index (χ2n) is 3.38. The minimum atomic E-state index is -0.975. The Bertz CT molecular complexity index is 355. The minimum absolute atomic E-state index is 0.227. The standard InChI is InChI=1S/C9H14N2O3/c1-5(12)4-11-7(3)8(9(13)14)6(2)10-11/h5,12H,4H2,1-3H3,(H,13,14). The van der Waals surface area contributed by atoms with Crippen LogP contribution in [0.15, 0.2) is 0 Å². The number of hydrogen-bond acceptors (Lipinski definition) is 3. The van der Waals surface area contributed by atoms with Gasteiger partial charge < -0.3 is 10.2 Å². The molecule has 0 aliphatic heterocycles. The lowest BCUT2D eigenvalue weighted by molar-refractivity contribution is 0.0694. The summed E-state index contributed by atoms with van der Waals surface area (Å²) in [6.07, 6.45) is -0.533. The van der Waals surface area contributed by atoms with Gasteiger partial charge in [0.15, 0.2) is 0 Å². The largest absolute Gasteiger partial charge is 0.478 e. The third kappa shape index (κ3) is 1.93. The predicted octanol–water partition coefficient (Wildman–Crippen LogP) is 0.579. The highest BCUT2D eigenvalue weighted by Crippen LogP contribution is 2.13. The Hall–Kier alpha value is -1.36. The van der Waals surface area contributed by atoms with Crippen molar-refractivity contribution in [3.8, 4) is 0 Å². The maximum atomic E-state index is 10.8. The van der Waals surface area contributed by atoms with Gasteiger partial charge in [-0.15, -0.1) is 0 Å². The molecule has 1 heterocycles. The highest BCUT2D eigenvalue weighted by atomic mass is 16.4. The normalized spacial score (nSPS) is 12.9. The van der Waals surface area contributed by atoms with Crippen molar-refractivity contribution in [2.75, 3.05) is 0 Å². The van der Waals surface area contributed by atoms with Crippen LogP contribution in [0.2, 0.25) is 0 Å².